The third-order valence-electron chi connectivity index (χ3n) is 4.18. The van der Waals surface area contributed by atoms with E-state index in [0.29, 0.717) is 12.2 Å². The predicted molar refractivity (Wildman–Crippen MR) is 86.6 cm³/mol. The lowest BCUT2D eigenvalue weighted by Crippen LogP contribution is -2.32. The first kappa shape index (κ1) is 17.4. The molecule has 1 heterocycles. The van der Waals surface area contributed by atoms with Crippen molar-refractivity contribution < 1.29 is 18.0 Å². The molecule has 1 N–H and O–H groups in total. The van der Waals surface area contributed by atoms with Crippen LogP contribution < -0.4 is 5.32 Å². The van der Waals surface area contributed by atoms with Gasteiger partial charge in [-0.2, -0.15) is 13.2 Å². The smallest absolute Gasteiger partial charge is 0.349 e. The Morgan fingerprint density at radius 3 is 2.72 bits per heavy atom. The Morgan fingerprint density at radius 1 is 1.24 bits per heavy atom. The van der Waals surface area contributed by atoms with E-state index in [-0.39, 0.29) is 6.04 Å². The van der Waals surface area contributed by atoms with Crippen LogP contribution in [0.15, 0.2) is 36.5 Å². The van der Waals surface area contributed by atoms with Gasteiger partial charge in [0.05, 0.1) is 12.5 Å². The van der Waals surface area contributed by atoms with E-state index in [2.05, 4.69) is 15.3 Å². The van der Waals surface area contributed by atoms with Crippen molar-refractivity contribution in [3.63, 3.8) is 0 Å². The molecule has 25 heavy (non-hydrogen) atoms. The number of aryl methyl sites for hydroxylation is 1. The van der Waals surface area contributed by atoms with Gasteiger partial charge in [-0.25, -0.2) is 9.97 Å². The summed E-state index contributed by atoms with van der Waals surface area (Å²) in [6, 6.07) is 9.23. The van der Waals surface area contributed by atoms with Crippen LogP contribution in [0.1, 0.15) is 43.0 Å². The second kappa shape index (κ2) is 7.21. The minimum absolute atomic E-state index is 0.325. The van der Waals surface area contributed by atoms with Gasteiger partial charge in [-0.1, -0.05) is 30.3 Å². The molecule has 1 aromatic carbocycles. The third-order valence-corrected chi connectivity index (χ3v) is 4.18. The van der Waals surface area contributed by atoms with Crippen molar-refractivity contribution in [2.75, 3.05) is 0 Å². The van der Waals surface area contributed by atoms with Gasteiger partial charge in [0, 0.05) is 29.4 Å². The van der Waals surface area contributed by atoms with Crippen molar-refractivity contribution >= 4 is 5.91 Å². The van der Waals surface area contributed by atoms with Crippen LogP contribution in [0.4, 0.5) is 13.2 Å². The summed E-state index contributed by atoms with van der Waals surface area (Å²) in [4.78, 5) is 20.8. The Labute approximate surface area is 143 Å². The van der Waals surface area contributed by atoms with Gasteiger partial charge in [-0.05, 0) is 19.3 Å². The number of carbonyl (C=O) groups is 1. The molecule has 0 saturated carbocycles. The second-order valence-electron chi connectivity index (χ2n) is 6.09. The van der Waals surface area contributed by atoms with Gasteiger partial charge in [0.1, 0.15) is 0 Å². The molecule has 4 nitrogen and oxygen atoms in total. The maximum Gasteiger partial charge on any atom is 0.389 e. The Bertz CT molecular complexity index is 747. The molecule has 0 unspecified atom stereocenters. The van der Waals surface area contributed by atoms with Gasteiger partial charge in [-0.3, -0.25) is 4.79 Å². The molecule has 0 saturated heterocycles. The number of alkyl halides is 3. The molecular weight excluding hydrogens is 331 g/mol. The summed E-state index contributed by atoms with van der Waals surface area (Å²) in [5.74, 6) is 0.0192. The maximum atomic E-state index is 12.2. The van der Waals surface area contributed by atoms with Gasteiger partial charge in [0.25, 0.3) is 0 Å². The zero-order chi connectivity index (χ0) is 17.9. The molecule has 0 radical (unpaired) electrons. The fourth-order valence-corrected chi connectivity index (χ4v) is 2.94. The molecule has 0 spiro atoms. The summed E-state index contributed by atoms with van der Waals surface area (Å²) >= 11 is 0. The van der Waals surface area contributed by atoms with Crippen LogP contribution in [0.2, 0.25) is 0 Å². The average molecular weight is 349 g/mol. The number of fused-ring (bicyclic) bond motifs is 1. The first-order valence-electron chi connectivity index (χ1n) is 8.20. The number of hydrogen-bond donors (Lipinski definition) is 1. The highest BCUT2D eigenvalue weighted by molar-refractivity contribution is 5.76. The van der Waals surface area contributed by atoms with Crippen LogP contribution in [0.5, 0.6) is 0 Å². The average Bonchev–Trinajstić information content (AvgIpc) is 2.60. The van der Waals surface area contributed by atoms with E-state index in [4.69, 9.17) is 0 Å². The highest BCUT2D eigenvalue weighted by Crippen LogP contribution is 2.30. The number of aromatic nitrogens is 2. The number of carbonyl (C=O) groups excluding carboxylic acids is 1. The molecule has 1 amide bonds. The van der Waals surface area contributed by atoms with E-state index in [0.717, 1.165) is 29.7 Å². The lowest BCUT2D eigenvalue weighted by molar-refractivity contribution is -0.144. The summed E-state index contributed by atoms with van der Waals surface area (Å²) in [6.07, 6.45) is -2.04. The van der Waals surface area contributed by atoms with Crippen LogP contribution in [0, 0.1) is 0 Å². The fraction of sp³-hybridized carbons (Fsp3) is 0.389. The molecule has 1 aliphatic rings. The summed E-state index contributed by atoms with van der Waals surface area (Å²) < 4.78 is 36.7. The largest absolute Gasteiger partial charge is 0.389 e. The number of hydrogen-bond acceptors (Lipinski definition) is 3. The topological polar surface area (TPSA) is 54.9 Å². The van der Waals surface area contributed by atoms with Gasteiger partial charge < -0.3 is 5.32 Å². The Balaban J connectivity index is 1.73. The number of halogens is 3. The second-order valence-corrected chi connectivity index (χ2v) is 6.09. The standard InChI is InChI=1S/C18H18F3N3O/c19-18(20,21)10-9-16(25)23-14-7-4-8-15-13(14)11-22-17(24-15)12-5-2-1-3-6-12/h1-3,5-6,11,14H,4,7-10H2,(H,23,25)/t14-/m0/s1. The van der Waals surface area contributed by atoms with E-state index < -0.39 is 24.9 Å². The molecule has 0 aliphatic heterocycles. The molecule has 1 aliphatic carbocycles. The van der Waals surface area contributed by atoms with E-state index in [1.165, 1.54) is 0 Å². The zero-order valence-electron chi connectivity index (χ0n) is 13.5. The maximum absolute atomic E-state index is 12.2. The summed E-state index contributed by atoms with van der Waals surface area (Å²) in [6.45, 7) is 0. The van der Waals surface area contributed by atoms with E-state index >= 15 is 0 Å². The minimum Gasteiger partial charge on any atom is -0.349 e. The molecule has 0 fully saturated rings. The lowest BCUT2D eigenvalue weighted by Gasteiger charge is -2.25. The van der Waals surface area contributed by atoms with E-state index in [1.807, 2.05) is 30.3 Å². The van der Waals surface area contributed by atoms with E-state index in [1.54, 1.807) is 6.20 Å². The molecule has 1 aromatic heterocycles. The number of amides is 1. The monoisotopic (exact) mass is 349 g/mol. The quantitative estimate of drug-likeness (QED) is 0.908. The number of nitrogens with one attached hydrogen (secondary N) is 1. The van der Waals surface area contributed by atoms with Gasteiger partial charge in [0.15, 0.2) is 5.82 Å². The van der Waals surface area contributed by atoms with Crippen LogP contribution in [-0.2, 0) is 11.2 Å². The molecule has 2 aromatic rings. The molecular formula is C18H18F3N3O. The molecule has 7 heteroatoms. The van der Waals surface area contributed by atoms with Crippen LogP contribution in [0.25, 0.3) is 11.4 Å². The van der Waals surface area contributed by atoms with Crippen molar-refractivity contribution in [1.29, 1.82) is 0 Å². The van der Waals surface area contributed by atoms with E-state index in [9.17, 15) is 18.0 Å². The van der Waals surface area contributed by atoms with Crippen molar-refractivity contribution in [2.24, 2.45) is 0 Å². The Morgan fingerprint density at radius 2 is 2.00 bits per heavy atom. The van der Waals surface area contributed by atoms with Crippen LogP contribution >= 0.6 is 0 Å². The van der Waals surface area contributed by atoms with Crippen LogP contribution in [0.3, 0.4) is 0 Å². The number of nitrogens with zero attached hydrogens (tertiary/aromatic N) is 2. The molecule has 0 bridgehead atoms. The fourth-order valence-electron chi connectivity index (χ4n) is 2.94. The van der Waals surface area contributed by atoms with Gasteiger partial charge >= 0.3 is 6.18 Å². The van der Waals surface area contributed by atoms with Crippen molar-refractivity contribution in [3.8, 4) is 11.4 Å². The van der Waals surface area contributed by atoms with Crippen LogP contribution in [-0.4, -0.2) is 22.1 Å². The van der Waals surface area contributed by atoms with Gasteiger partial charge in [0.2, 0.25) is 5.91 Å². The van der Waals surface area contributed by atoms with Crippen molar-refractivity contribution in [2.45, 2.75) is 44.3 Å². The zero-order valence-corrected chi connectivity index (χ0v) is 13.5. The first-order chi connectivity index (χ1) is 11.9. The Kier molecular flexibility index (Phi) is 5.01. The molecule has 3 rings (SSSR count). The normalized spacial score (nSPS) is 17.0. The highest BCUT2D eigenvalue weighted by atomic mass is 19.4. The predicted octanol–water partition coefficient (Wildman–Crippen LogP) is 3.98. The summed E-state index contributed by atoms with van der Waals surface area (Å²) in [7, 11) is 0. The third kappa shape index (κ3) is 4.55. The lowest BCUT2D eigenvalue weighted by atomic mass is 9.92. The minimum atomic E-state index is -4.32. The highest BCUT2D eigenvalue weighted by Gasteiger charge is 2.29. The summed E-state index contributed by atoms with van der Waals surface area (Å²) in [5.41, 5.74) is 2.55. The number of benzene rings is 1. The summed E-state index contributed by atoms with van der Waals surface area (Å²) in [5, 5.41) is 2.69. The molecule has 1 atom stereocenters. The van der Waals surface area contributed by atoms with Gasteiger partial charge in [-0.15, -0.1) is 0 Å². The first-order valence-corrected chi connectivity index (χ1v) is 8.20. The number of rotatable bonds is 4. The Hall–Kier alpha value is -2.44. The van der Waals surface area contributed by atoms with Crippen molar-refractivity contribution in [1.82, 2.24) is 15.3 Å². The molecule has 132 valence electrons. The van der Waals surface area contributed by atoms with Crippen molar-refractivity contribution in [3.05, 3.63) is 47.8 Å². The SMILES string of the molecule is O=C(CCC(F)(F)F)N[C@H]1CCCc2nc(-c3ccccc3)ncc21.